The maximum atomic E-state index is 12.5. The van der Waals surface area contributed by atoms with Gasteiger partial charge in [-0.05, 0) is 37.8 Å². The molecule has 0 bridgehead atoms. The average Bonchev–Trinajstić information content (AvgIpc) is 2.48. The number of ether oxygens (including phenoxy) is 1. The Morgan fingerprint density at radius 1 is 1.35 bits per heavy atom. The summed E-state index contributed by atoms with van der Waals surface area (Å²) in [6.45, 7) is 4.51. The maximum absolute atomic E-state index is 12.5. The van der Waals surface area contributed by atoms with E-state index >= 15 is 0 Å². The Balaban J connectivity index is 2.21. The quantitative estimate of drug-likeness (QED) is 0.825. The van der Waals surface area contributed by atoms with Gasteiger partial charge in [0.2, 0.25) is 0 Å². The van der Waals surface area contributed by atoms with E-state index in [1.165, 1.54) is 6.42 Å². The van der Waals surface area contributed by atoms with Gasteiger partial charge in [0.15, 0.2) is 0 Å². The molecule has 2 atom stereocenters. The van der Waals surface area contributed by atoms with Crippen LogP contribution in [-0.2, 0) is 9.53 Å². The van der Waals surface area contributed by atoms with Gasteiger partial charge in [-0.3, -0.25) is 0 Å². The highest BCUT2D eigenvalue weighted by Crippen LogP contribution is 2.37. The van der Waals surface area contributed by atoms with Crippen LogP contribution in [0.15, 0.2) is 30.3 Å². The Labute approximate surface area is 121 Å². The van der Waals surface area contributed by atoms with E-state index in [9.17, 15) is 4.79 Å². The second-order valence-electron chi connectivity index (χ2n) is 5.66. The van der Waals surface area contributed by atoms with Crippen molar-refractivity contribution >= 4 is 11.7 Å². The second-order valence-corrected chi connectivity index (χ2v) is 5.66. The molecule has 0 spiro atoms. The molecule has 1 aromatic rings. The summed E-state index contributed by atoms with van der Waals surface area (Å²) in [5.41, 5.74) is 0.452. The number of benzene rings is 1. The summed E-state index contributed by atoms with van der Waals surface area (Å²) in [4.78, 5) is 12.5. The van der Waals surface area contributed by atoms with Crippen molar-refractivity contribution in [3.05, 3.63) is 30.3 Å². The smallest absolute Gasteiger partial charge is 0.331 e. The zero-order valence-corrected chi connectivity index (χ0v) is 12.5. The van der Waals surface area contributed by atoms with Gasteiger partial charge < -0.3 is 10.1 Å². The van der Waals surface area contributed by atoms with Gasteiger partial charge in [-0.2, -0.15) is 0 Å². The van der Waals surface area contributed by atoms with E-state index in [1.54, 1.807) is 0 Å². The highest BCUT2D eigenvalue weighted by molar-refractivity contribution is 5.84. The van der Waals surface area contributed by atoms with Crippen LogP contribution < -0.4 is 5.32 Å². The predicted octanol–water partition coefficient (Wildman–Crippen LogP) is 4.00. The molecule has 3 heteroatoms. The molecule has 3 nitrogen and oxygen atoms in total. The van der Waals surface area contributed by atoms with Crippen molar-refractivity contribution in [3.8, 4) is 0 Å². The molecule has 1 saturated carbocycles. The third kappa shape index (κ3) is 3.33. The molecular weight excluding hydrogens is 250 g/mol. The lowest BCUT2D eigenvalue weighted by Gasteiger charge is -2.40. The largest absolute Gasteiger partial charge is 0.464 e. The van der Waals surface area contributed by atoms with Crippen LogP contribution in [-0.4, -0.2) is 18.1 Å². The number of esters is 1. The number of carbonyl (C=O) groups is 1. The van der Waals surface area contributed by atoms with Crippen LogP contribution in [0.3, 0.4) is 0 Å². The average molecular weight is 275 g/mol. The van der Waals surface area contributed by atoms with Gasteiger partial charge in [0, 0.05) is 5.69 Å². The van der Waals surface area contributed by atoms with Gasteiger partial charge in [-0.25, -0.2) is 4.79 Å². The number of hydrogen-bond acceptors (Lipinski definition) is 3. The van der Waals surface area contributed by atoms with Crippen LogP contribution in [0, 0.1) is 5.92 Å². The summed E-state index contributed by atoms with van der Waals surface area (Å²) >= 11 is 0. The van der Waals surface area contributed by atoms with Gasteiger partial charge in [0.25, 0.3) is 0 Å². The van der Waals surface area contributed by atoms with Gasteiger partial charge in [-0.1, -0.05) is 44.4 Å². The zero-order chi connectivity index (χ0) is 14.4. The van der Waals surface area contributed by atoms with Crippen LogP contribution in [0.5, 0.6) is 0 Å². The molecule has 0 heterocycles. The van der Waals surface area contributed by atoms with E-state index in [4.69, 9.17) is 4.74 Å². The molecule has 2 unspecified atom stereocenters. The fourth-order valence-electron chi connectivity index (χ4n) is 3.15. The number of anilines is 1. The molecule has 110 valence electrons. The SMILES string of the molecule is CCOC(=O)C1(Nc2ccccc2)CCCC(CC)C1. The van der Waals surface area contributed by atoms with Crippen LogP contribution in [0.1, 0.15) is 46.0 Å². The molecule has 2 rings (SSSR count). The first-order chi connectivity index (χ1) is 9.70. The number of rotatable bonds is 5. The van der Waals surface area contributed by atoms with Crippen LogP contribution >= 0.6 is 0 Å². The summed E-state index contributed by atoms with van der Waals surface area (Å²) < 4.78 is 5.35. The van der Waals surface area contributed by atoms with E-state index < -0.39 is 5.54 Å². The van der Waals surface area contributed by atoms with Crippen molar-refractivity contribution in [2.75, 3.05) is 11.9 Å². The molecule has 0 saturated heterocycles. The Hall–Kier alpha value is -1.51. The van der Waals surface area contributed by atoms with E-state index in [2.05, 4.69) is 12.2 Å². The first-order valence-corrected chi connectivity index (χ1v) is 7.70. The zero-order valence-electron chi connectivity index (χ0n) is 12.5. The highest BCUT2D eigenvalue weighted by atomic mass is 16.5. The third-order valence-electron chi connectivity index (χ3n) is 4.25. The number of hydrogen-bond donors (Lipinski definition) is 1. The minimum absolute atomic E-state index is 0.0954. The topological polar surface area (TPSA) is 38.3 Å². The second kappa shape index (κ2) is 6.78. The van der Waals surface area contributed by atoms with Gasteiger partial charge in [-0.15, -0.1) is 0 Å². The molecule has 0 radical (unpaired) electrons. The van der Waals surface area contributed by atoms with E-state index in [0.29, 0.717) is 12.5 Å². The van der Waals surface area contributed by atoms with Gasteiger partial charge in [0.05, 0.1) is 6.61 Å². The summed E-state index contributed by atoms with van der Waals surface area (Å²) in [5.74, 6) is 0.506. The summed E-state index contributed by atoms with van der Waals surface area (Å²) in [7, 11) is 0. The first-order valence-electron chi connectivity index (χ1n) is 7.70. The van der Waals surface area contributed by atoms with Crippen LogP contribution in [0.25, 0.3) is 0 Å². The van der Waals surface area contributed by atoms with Gasteiger partial charge >= 0.3 is 5.97 Å². The van der Waals surface area contributed by atoms with Crippen molar-refractivity contribution < 1.29 is 9.53 Å². The van der Waals surface area contributed by atoms with Crippen molar-refractivity contribution in [1.29, 1.82) is 0 Å². The molecule has 1 fully saturated rings. The van der Waals surface area contributed by atoms with Crippen LogP contribution in [0.2, 0.25) is 0 Å². The molecule has 1 aromatic carbocycles. The molecule has 20 heavy (non-hydrogen) atoms. The number of nitrogens with one attached hydrogen (secondary N) is 1. The number of carbonyl (C=O) groups excluding carboxylic acids is 1. The van der Waals surface area contributed by atoms with Crippen molar-refractivity contribution in [1.82, 2.24) is 0 Å². The summed E-state index contributed by atoms with van der Waals surface area (Å²) in [6, 6.07) is 9.98. The summed E-state index contributed by atoms with van der Waals surface area (Å²) in [6.07, 6.45) is 5.15. The van der Waals surface area contributed by atoms with Crippen molar-refractivity contribution in [2.45, 2.75) is 51.5 Å². The fourth-order valence-corrected chi connectivity index (χ4v) is 3.15. The third-order valence-corrected chi connectivity index (χ3v) is 4.25. The molecule has 1 aliphatic carbocycles. The van der Waals surface area contributed by atoms with E-state index in [1.807, 2.05) is 37.3 Å². The Morgan fingerprint density at radius 2 is 2.10 bits per heavy atom. The molecule has 0 aliphatic heterocycles. The van der Waals surface area contributed by atoms with Gasteiger partial charge in [0.1, 0.15) is 5.54 Å². The van der Waals surface area contributed by atoms with E-state index in [-0.39, 0.29) is 5.97 Å². The Kier molecular flexibility index (Phi) is 5.05. The molecule has 0 aromatic heterocycles. The van der Waals surface area contributed by atoms with Crippen molar-refractivity contribution in [2.24, 2.45) is 5.92 Å². The Morgan fingerprint density at radius 3 is 2.75 bits per heavy atom. The minimum Gasteiger partial charge on any atom is -0.464 e. The predicted molar refractivity (Wildman–Crippen MR) is 81.7 cm³/mol. The lowest BCUT2D eigenvalue weighted by molar-refractivity contribution is -0.150. The lowest BCUT2D eigenvalue weighted by atomic mass is 9.74. The highest BCUT2D eigenvalue weighted by Gasteiger charge is 2.43. The number of para-hydroxylation sites is 1. The maximum Gasteiger partial charge on any atom is 0.331 e. The first kappa shape index (κ1) is 14.9. The molecule has 0 amide bonds. The molecule has 1 N–H and O–H groups in total. The molecule has 1 aliphatic rings. The fraction of sp³-hybridized carbons (Fsp3) is 0.588. The summed E-state index contributed by atoms with van der Waals surface area (Å²) in [5, 5.41) is 3.47. The normalized spacial score (nSPS) is 26.0. The van der Waals surface area contributed by atoms with Crippen LogP contribution in [0.4, 0.5) is 5.69 Å². The molecular formula is C17H25NO2. The minimum atomic E-state index is -0.545. The lowest BCUT2D eigenvalue weighted by Crippen LogP contribution is -2.50. The monoisotopic (exact) mass is 275 g/mol. The Bertz CT molecular complexity index is 432. The van der Waals surface area contributed by atoms with E-state index in [0.717, 1.165) is 31.4 Å². The van der Waals surface area contributed by atoms with Crippen molar-refractivity contribution in [3.63, 3.8) is 0 Å². The standard InChI is InChI=1S/C17H25NO2/c1-3-14-9-8-12-17(13-14,16(19)20-4-2)18-15-10-6-5-7-11-15/h5-7,10-11,14,18H,3-4,8-9,12-13H2,1-2H3.